The van der Waals surface area contributed by atoms with Gasteiger partial charge in [-0.1, -0.05) is 6.07 Å². The van der Waals surface area contributed by atoms with Crippen LogP contribution in [0.15, 0.2) is 18.2 Å². The van der Waals surface area contributed by atoms with E-state index in [2.05, 4.69) is 5.32 Å². The van der Waals surface area contributed by atoms with Crippen molar-refractivity contribution in [2.45, 2.75) is 18.9 Å². The second-order valence-corrected chi connectivity index (χ2v) is 4.53. The van der Waals surface area contributed by atoms with E-state index < -0.39 is 35.5 Å². The molecule has 0 aliphatic rings. The minimum Gasteiger partial charge on any atom is -0.479 e. The van der Waals surface area contributed by atoms with Gasteiger partial charge in [0.15, 0.2) is 5.54 Å². The first kappa shape index (κ1) is 16.0. The second kappa shape index (κ2) is 6.42. The van der Waals surface area contributed by atoms with Gasteiger partial charge in [-0.15, -0.1) is 0 Å². The molecule has 0 aromatic heterocycles. The third kappa shape index (κ3) is 3.99. The van der Waals surface area contributed by atoms with Crippen molar-refractivity contribution in [2.24, 2.45) is 0 Å². The number of aliphatic carboxylic acids is 1. The van der Waals surface area contributed by atoms with E-state index >= 15 is 0 Å². The highest BCUT2D eigenvalue weighted by Crippen LogP contribution is 2.11. The molecule has 1 unspecified atom stereocenters. The maximum atomic E-state index is 13.4. The predicted molar refractivity (Wildman–Crippen MR) is 66.1 cm³/mol. The zero-order valence-corrected chi connectivity index (χ0v) is 11.1. The van der Waals surface area contributed by atoms with Crippen molar-refractivity contribution in [3.63, 3.8) is 0 Å². The Morgan fingerprint density at radius 3 is 2.55 bits per heavy atom. The molecule has 0 aliphatic heterocycles. The number of hydrogen-bond acceptors (Lipinski definition) is 3. The van der Waals surface area contributed by atoms with Crippen molar-refractivity contribution in [3.05, 3.63) is 35.4 Å². The molecule has 0 fully saturated rings. The summed E-state index contributed by atoms with van der Waals surface area (Å²) in [4.78, 5) is 22.8. The van der Waals surface area contributed by atoms with E-state index in [1.54, 1.807) is 0 Å². The Balaban J connectivity index is 2.78. The monoisotopic (exact) mass is 287 g/mol. The molecule has 0 aliphatic carbocycles. The molecule has 5 nitrogen and oxygen atoms in total. The number of carbonyl (C=O) groups excluding carboxylic acids is 1. The number of nitrogens with one attached hydrogen (secondary N) is 1. The van der Waals surface area contributed by atoms with Gasteiger partial charge in [0.2, 0.25) is 5.91 Å². The van der Waals surface area contributed by atoms with Gasteiger partial charge in [0.25, 0.3) is 0 Å². The highest BCUT2D eigenvalue weighted by atomic mass is 19.1. The van der Waals surface area contributed by atoms with Crippen LogP contribution in [0.25, 0.3) is 0 Å². The first-order chi connectivity index (χ1) is 9.28. The number of hydrogen-bond donors (Lipinski definition) is 2. The van der Waals surface area contributed by atoms with Crippen LogP contribution in [-0.4, -0.2) is 36.2 Å². The topological polar surface area (TPSA) is 75.6 Å². The zero-order valence-electron chi connectivity index (χ0n) is 11.1. The number of benzene rings is 1. The van der Waals surface area contributed by atoms with Crippen molar-refractivity contribution < 1.29 is 28.2 Å². The number of carboxylic acid groups (broad SMARTS) is 1. The molecule has 1 rings (SSSR count). The standard InChI is InChI=1S/C13H15F2NO4/c1-13(7-20-2,12(18)19)16-11(17)5-8-3-4-9(14)6-10(8)15/h3-4,6H,5,7H2,1-2H3,(H,16,17)(H,18,19). The molecule has 20 heavy (non-hydrogen) atoms. The van der Waals surface area contributed by atoms with Gasteiger partial charge >= 0.3 is 5.97 Å². The highest BCUT2D eigenvalue weighted by Gasteiger charge is 2.35. The largest absolute Gasteiger partial charge is 0.479 e. The van der Waals surface area contributed by atoms with Gasteiger partial charge in [-0.05, 0) is 18.6 Å². The van der Waals surface area contributed by atoms with Crippen LogP contribution in [0.2, 0.25) is 0 Å². The fraction of sp³-hybridized carbons (Fsp3) is 0.385. The number of methoxy groups -OCH3 is 1. The van der Waals surface area contributed by atoms with Crippen LogP contribution in [0.3, 0.4) is 0 Å². The van der Waals surface area contributed by atoms with Crippen LogP contribution in [0, 0.1) is 11.6 Å². The summed E-state index contributed by atoms with van der Waals surface area (Å²) in [6, 6.07) is 2.82. The fourth-order valence-electron chi connectivity index (χ4n) is 1.63. The Morgan fingerprint density at radius 1 is 1.40 bits per heavy atom. The lowest BCUT2D eigenvalue weighted by Gasteiger charge is -2.25. The van der Waals surface area contributed by atoms with Gasteiger partial charge in [-0.25, -0.2) is 13.6 Å². The fourth-order valence-corrected chi connectivity index (χ4v) is 1.63. The van der Waals surface area contributed by atoms with Crippen LogP contribution in [0.5, 0.6) is 0 Å². The highest BCUT2D eigenvalue weighted by molar-refractivity contribution is 5.87. The van der Waals surface area contributed by atoms with Gasteiger partial charge in [0.1, 0.15) is 11.6 Å². The summed E-state index contributed by atoms with van der Waals surface area (Å²) >= 11 is 0. The Bertz CT molecular complexity index is 521. The molecule has 0 radical (unpaired) electrons. The third-order valence-corrected chi connectivity index (χ3v) is 2.69. The van der Waals surface area contributed by atoms with E-state index in [0.717, 1.165) is 12.1 Å². The Morgan fingerprint density at radius 2 is 2.05 bits per heavy atom. The normalized spacial score (nSPS) is 13.6. The van der Waals surface area contributed by atoms with Crippen molar-refractivity contribution in [2.75, 3.05) is 13.7 Å². The molecule has 110 valence electrons. The summed E-state index contributed by atoms with van der Waals surface area (Å²) in [7, 11) is 1.30. The van der Waals surface area contributed by atoms with Crippen LogP contribution < -0.4 is 5.32 Å². The summed E-state index contributed by atoms with van der Waals surface area (Å²) in [5, 5.41) is 11.3. The average Bonchev–Trinajstić information content (AvgIpc) is 2.32. The molecule has 1 aromatic rings. The molecule has 0 saturated carbocycles. The molecule has 0 bridgehead atoms. The molecule has 2 N–H and O–H groups in total. The molecule has 1 amide bonds. The average molecular weight is 287 g/mol. The van der Waals surface area contributed by atoms with E-state index in [1.807, 2.05) is 0 Å². The van der Waals surface area contributed by atoms with Crippen LogP contribution in [0.4, 0.5) is 8.78 Å². The van der Waals surface area contributed by atoms with Gasteiger partial charge in [-0.3, -0.25) is 4.79 Å². The number of ether oxygens (including phenoxy) is 1. The summed E-state index contributed by atoms with van der Waals surface area (Å²) in [5.41, 5.74) is -1.63. The van der Waals surface area contributed by atoms with E-state index in [-0.39, 0.29) is 12.2 Å². The quantitative estimate of drug-likeness (QED) is 0.822. The Kier molecular flexibility index (Phi) is 5.15. The summed E-state index contributed by atoms with van der Waals surface area (Å²) in [6.45, 7) is 1.04. The SMILES string of the molecule is COCC(C)(NC(=O)Cc1ccc(F)cc1F)C(=O)O. The Hall–Kier alpha value is -2.02. The minimum absolute atomic E-state index is 0.0194. The first-order valence-electron chi connectivity index (χ1n) is 5.76. The zero-order chi connectivity index (χ0) is 15.3. The van der Waals surface area contributed by atoms with E-state index in [9.17, 15) is 18.4 Å². The second-order valence-electron chi connectivity index (χ2n) is 4.53. The van der Waals surface area contributed by atoms with Gasteiger partial charge in [0, 0.05) is 13.2 Å². The van der Waals surface area contributed by atoms with E-state index in [4.69, 9.17) is 9.84 Å². The van der Waals surface area contributed by atoms with E-state index in [1.165, 1.54) is 14.0 Å². The molecule has 0 saturated heterocycles. The Labute approximate surface area is 114 Å². The van der Waals surface area contributed by atoms with Crippen molar-refractivity contribution in [3.8, 4) is 0 Å². The molecular formula is C13H15F2NO4. The predicted octanol–water partition coefficient (Wildman–Crippen LogP) is 1.11. The molecule has 0 spiro atoms. The molecular weight excluding hydrogens is 272 g/mol. The third-order valence-electron chi connectivity index (χ3n) is 2.69. The number of rotatable bonds is 6. The van der Waals surface area contributed by atoms with Gasteiger partial charge < -0.3 is 15.2 Å². The van der Waals surface area contributed by atoms with Crippen molar-refractivity contribution in [1.82, 2.24) is 5.32 Å². The van der Waals surface area contributed by atoms with Crippen LogP contribution >= 0.6 is 0 Å². The molecule has 0 heterocycles. The lowest BCUT2D eigenvalue weighted by molar-refractivity contribution is -0.149. The van der Waals surface area contributed by atoms with Crippen LogP contribution in [0.1, 0.15) is 12.5 Å². The van der Waals surface area contributed by atoms with E-state index in [0.29, 0.717) is 6.07 Å². The van der Waals surface area contributed by atoms with Crippen molar-refractivity contribution in [1.29, 1.82) is 0 Å². The maximum Gasteiger partial charge on any atom is 0.331 e. The summed E-state index contributed by atoms with van der Waals surface area (Å²) < 4.78 is 30.9. The van der Waals surface area contributed by atoms with Gasteiger partial charge in [-0.2, -0.15) is 0 Å². The molecule has 1 atom stereocenters. The van der Waals surface area contributed by atoms with Gasteiger partial charge in [0.05, 0.1) is 13.0 Å². The first-order valence-corrected chi connectivity index (χ1v) is 5.76. The number of amides is 1. The summed E-state index contributed by atoms with van der Waals surface area (Å²) in [5.74, 6) is -3.57. The number of carbonyl (C=O) groups is 2. The smallest absolute Gasteiger partial charge is 0.331 e. The lowest BCUT2D eigenvalue weighted by atomic mass is 10.0. The number of halogens is 2. The lowest BCUT2D eigenvalue weighted by Crippen LogP contribution is -2.55. The molecule has 7 heteroatoms. The summed E-state index contributed by atoms with van der Waals surface area (Å²) in [6.07, 6.45) is -0.390. The minimum atomic E-state index is -1.61. The molecule has 1 aromatic carbocycles. The van der Waals surface area contributed by atoms with Crippen molar-refractivity contribution >= 4 is 11.9 Å². The van der Waals surface area contributed by atoms with Crippen LogP contribution in [-0.2, 0) is 20.7 Å². The maximum absolute atomic E-state index is 13.4. The number of carboxylic acids is 1.